The molecule has 0 aromatic carbocycles. The molecule has 0 aliphatic rings. The zero-order valence-electron chi connectivity index (χ0n) is 12.4. The van der Waals surface area contributed by atoms with Crippen molar-refractivity contribution in [3.63, 3.8) is 0 Å². The third-order valence-electron chi connectivity index (χ3n) is 2.01. The van der Waals surface area contributed by atoms with Crippen LogP contribution < -0.4 is 0 Å². The van der Waals surface area contributed by atoms with Crippen LogP contribution in [0.3, 0.4) is 0 Å². The monoisotopic (exact) mass is 344 g/mol. The molecule has 0 amide bonds. The molecular weight excluding hydrogens is 324 g/mol. The van der Waals surface area contributed by atoms with E-state index >= 15 is 0 Å². The molecule has 3 nitrogen and oxygen atoms in total. The molecule has 0 spiro atoms. The SMILES string of the molecule is CC=CC(=O)SCC(CSC(=O)C=CC)SC(=O)C=CC. The third-order valence-corrected chi connectivity index (χ3v) is 5.45. The Hall–Kier alpha value is -0.720. The standard InChI is InChI=1S/C15H20O3S3/c1-4-7-13(16)19-10-12(21-15(18)9-6-3)11-20-14(17)8-5-2/h4-9,12H,10-11H2,1-3H3. The molecule has 0 aliphatic heterocycles. The predicted octanol–water partition coefficient (Wildman–Crippen LogP) is 3.86. The summed E-state index contributed by atoms with van der Waals surface area (Å²) in [5, 5.41) is -0.203. The van der Waals surface area contributed by atoms with Gasteiger partial charge in [0, 0.05) is 16.8 Å². The van der Waals surface area contributed by atoms with Crippen LogP contribution in [0.4, 0.5) is 0 Å². The summed E-state index contributed by atoms with van der Waals surface area (Å²) < 4.78 is 0. The minimum absolute atomic E-state index is 0.0358. The fourth-order valence-electron chi connectivity index (χ4n) is 1.17. The maximum absolute atomic E-state index is 11.7. The Labute approximate surface area is 139 Å². The molecule has 116 valence electrons. The van der Waals surface area contributed by atoms with Crippen molar-refractivity contribution in [2.24, 2.45) is 0 Å². The van der Waals surface area contributed by atoms with Crippen LogP contribution in [0.1, 0.15) is 20.8 Å². The first kappa shape index (κ1) is 20.3. The molecule has 0 atom stereocenters. The number of hydrogen-bond donors (Lipinski definition) is 0. The smallest absolute Gasteiger partial charge is 0.212 e. The average molecular weight is 345 g/mol. The van der Waals surface area contributed by atoms with E-state index in [1.165, 1.54) is 53.5 Å². The van der Waals surface area contributed by atoms with Crippen molar-refractivity contribution in [1.82, 2.24) is 0 Å². The molecule has 0 heterocycles. The van der Waals surface area contributed by atoms with Crippen molar-refractivity contribution >= 4 is 50.6 Å². The number of hydrogen-bond acceptors (Lipinski definition) is 6. The molecule has 6 heteroatoms. The first-order chi connectivity index (χ1) is 10.0. The molecular formula is C15H20O3S3. The molecule has 0 unspecified atom stereocenters. The van der Waals surface area contributed by atoms with Crippen molar-refractivity contribution in [3.05, 3.63) is 36.5 Å². The van der Waals surface area contributed by atoms with Gasteiger partial charge >= 0.3 is 0 Å². The summed E-state index contributed by atoms with van der Waals surface area (Å²) in [6.07, 6.45) is 9.55. The van der Waals surface area contributed by atoms with Crippen LogP contribution in [0.2, 0.25) is 0 Å². The van der Waals surface area contributed by atoms with Crippen LogP contribution >= 0.6 is 35.3 Å². The highest BCUT2D eigenvalue weighted by atomic mass is 32.2. The quantitative estimate of drug-likeness (QED) is 0.623. The summed E-state index contributed by atoms with van der Waals surface area (Å²) in [5.74, 6) is 1.01. The van der Waals surface area contributed by atoms with E-state index in [0.29, 0.717) is 11.5 Å². The van der Waals surface area contributed by atoms with E-state index in [-0.39, 0.29) is 20.6 Å². The van der Waals surface area contributed by atoms with Crippen molar-refractivity contribution in [2.45, 2.75) is 26.0 Å². The fraction of sp³-hybridized carbons (Fsp3) is 0.400. The molecule has 0 bridgehead atoms. The van der Waals surface area contributed by atoms with E-state index < -0.39 is 0 Å². The molecule has 0 fully saturated rings. The van der Waals surface area contributed by atoms with Gasteiger partial charge in [0.2, 0.25) is 15.3 Å². The summed E-state index contributed by atoms with van der Waals surface area (Å²) in [5.41, 5.74) is 0. The van der Waals surface area contributed by atoms with Crippen molar-refractivity contribution in [3.8, 4) is 0 Å². The Morgan fingerprint density at radius 2 is 1.14 bits per heavy atom. The molecule has 0 aliphatic carbocycles. The maximum atomic E-state index is 11.7. The van der Waals surface area contributed by atoms with Gasteiger partial charge in [-0.15, -0.1) is 0 Å². The van der Waals surface area contributed by atoms with Crippen LogP contribution in [-0.4, -0.2) is 32.1 Å². The minimum Gasteiger partial charge on any atom is -0.282 e. The van der Waals surface area contributed by atoms with Crippen LogP contribution in [0, 0.1) is 0 Å². The Balaban J connectivity index is 4.49. The second-order valence-electron chi connectivity index (χ2n) is 3.82. The molecule has 21 heavy (non-hydrogen) atoms. The highest BCUT2D eigenvalue weighted by Gasteiger charge is 2.16. The topological polar surface area (TPSA) is 51.2 Å². The predicted molar refractivity (Wildman–Crippen MR) is 95.8 cm³/mol. The maximum Gasteiger partial charge on any atom is 0.212 e. The zero-order chi connectivity index (χ0) is 16.1. The first-order valence-corrected chi connectivity index (χ1v) is 9.30. The highest BCUT2D eigenvalue weighted by molar-refractivity contribution is 8.19. The second kappa shape index (κ2) is 13.0. The lowest BCUT2D eigenvalue weighted by molar-refractivity contribution is -0.107. The van der Waals surface area contributed by atoms with E-state index in [1.54, 1.807) is 39.0 Å². The first-order valence-electron chi connectivity index (χ1n) is 6.45. The van der Waals surface area contributed by atoms with Gasteiger partial charge in [-0.2, -0.15) is 0 Å². The van der Waals surface area contributed by atoms with Gasteiger partial charge in [-0.3, -0.25) is 14.4 Å². The summed E-state index contributed by atoms with van der Waals surface area (Å²) in [6.45, 7) is 5.35. The number of thioether (sulfide) groups is 3. The molecule has 0 aromatic rings. The van der Waals surface area contributed by atoms with Crippen LogP contribution in [0.5, 0.6) is 0 Å². The Bertz CT molecular complexity index is 411. The Morgan fingerprint density at radius 3 is 1.52 bits per heavy atom. The lowest BCUT2D eigenvalue weighted by Gasteiger charge is -2.12. The number of allylic oxidation sites excluding steroid dienone is 3. The lowest BCUT2D eigenvalue weighted by Crippen LogP contribution is -2.14. The summed E-state index contributed by atoms with van der Waals surface area (Å²) in [6, 6.07) is 0. The summed E-state index contributed by atoms with van der Waals surface area (Å²) in [4.78, 5) is 34.6. The van der Waals surface area contributed by atoms with Crippen molar-refractivity contribution in [2.75, 3.05) is 11.5 Å². The Kier molecular flexibility index (Phi) is 12.5. The fourth-order valence-corrected chi connectivity index (χ4v) is 4.22. The molecule has 0 saturated heterocycles. The zero-order valence-corrected chi connectivity index (χ0v) is 14.9. The van der Waals surface area contributed by atoms with Gasteiger partial charge in [0.05, 0.1) is 0 Å². The third kappa shape index (κ3) is 11.6. The Morgan fingerprint density at radius 1 is 0.762 bits per heavy atom. The van der Waals surface area contributed by atoms with Crippen molar-refractivity contribution < 1.29 is 14.4 Å². The van der Waals surface area contributed by atoms with Crippen LogP contribution in [0.15, 0.2) is 36.5 Å². The van der Waals surface area contributed by atoms with Gasteiger partial charge in [0.1, 0.15) is 0 Å². The van der Waals surface area contributed by atoms with Gasteiger partial charge in [0.25, 0.3) is 0 Å². The van der Waals surface area contributed by atoms with E-state index in [1.807, 2.05) is 0 Å². The van der Waals surface area contributed by atoms with Gasteiger partial charge < -0.3 is 0 Å². The number of carbonyl (C=O) groups excluding carboxylic acids is 3. The summed E-state index contributed by atoms with van der Waals surface area (Å²) >= 11 is 3.51. The van der Waals surface area contributed by atoms with Crippen LogP contribution in [-0.2, 0) is 14.4 Å². The highest BCUT2D eigenvalue weighted by Crippen LogP contribution is 2.23. The van der Waals surface area contributed by atoms with E-state index in [2.05, 4.69) is 0 Å². The van der Waals surface area contributed by atoms with Gasteiger partial charge in [-0.25, -0.2) is 0 Å². The van der Waals surface area contributed by atoms with Gasteiger partial charge in [-0.1, -0.05) is 53.5 Å². The van der Waals surface area contributed by atoms with E-state index in [4.69, 9.17) is 0 Å². The van der Waals surface area contributed by atoms with Crippen molar-refractivity contribution in [1.29, 1.82) is 0 Å². The molecule has 0 aromatic heterocycles. The average Bonchev–Trinajstić information content (AvgIpc) is 2.42. The van der Waals surface area contributed by atoms with E-state index in [9.17, 15) is 14.4 Å². The largest absolute Gasteiger partial charge is 0.282 e. The van der Waals surface area contributed by atoms with E-state index in [0.717, 1.165) is 0 Å². The normalized spacial score (nSPS) is 13.3. The number of carbonyl (C=O) groups is 3. The van der Waals surface area contributed by atoms with Gasteiger partial charge in [-0.05, 0) is 39.0 Å². The second-order valence-corrected chi connectivity index (χ2v) is 7.17. The van der Waals surface area contributed by atoms with Gasteiger partial charge in [0.15, 0.2) is 0 Å². The summed E-state index contributed by atoms with van der Waals surface area (Å²) in [7, 11) is 0. The molecule has 0 N–H and O–H groups in total. The number of rotatable bonds is 8. The molecule has 0 radical (unpaired) electrons. The molecule has 0 saturated carbocycles. The minimum atomic E-state index is -0.0767. The lowest BCUT2D eigenvalue weighted by atomic mass is 10.5. The van der Waals surface area contributed by atoms with Crippen LogP contribution in [0.25, 0.3) is 0 Å². The molecule has 0 rings (SSSR count).